The summed E-state index contributed by atoms with van der Waals surface area (Å²) in [6.07, 6.45) is 2.79. The maximum atomic E-state index is 11.9. The van der Waals surface area contributed by atoms with Crippen molar-refractivity contribution in [3.63, 3.8) is 0 Å². The van der Waals surface area contributed by atoms with Gasteiger partial charge in [-0.1, -0.05) is 33.3 Å². The number of carbonyl (C=O) groups is 3. The van der Waals surface area contributed by atoms with Crippen LogP contribution in [0.4, 0.5) is 5.69 Å². The zero-order valence-corrected chi connectivity index (χ0v) is 13.5. The molecule has 1 aromatic rings. The molecule has 1 heterocycles. The molecule has 0 aromatic heterocycles. The molecule has 22 heavy (non-hydrogen) atoms. The molecule has 1 aliphatic rings. The monoisotopic (exact) mass is 307 g/mol. The fourth-order valence-electron chi connectivity index (χ4n) is 1.97. The van der Waals surface area contributed by atoms with Gasteiger partial charge in [-0.25, -0.2) is 0 Å². The van der Waals surface area contributed by atoms with E-state index in [2.05, 4.69) is 6.92 Å². The van der Waals surface area contributed by atoms with E-state index >= 15 is 0 Å². The molecule has 0 radical (unpaired) electrons. The lowest BCUT2D eigenvalue weighted by Gasteiger charge is -2.14. The Morgan fingerprint density at radius 3 is 2.36 bits per heavy atom. The lowest BCUT2D eigenvalue weighted by Crippen LogP contribution is -2.24. The molecule has 6 heteroatoms. The Labute approximate surface area is 131 Å². The first-order chi connectivity index (χ1) is 10.7. The number of unbranched alkanes of at least 4 members (excludes halogenated alkanes) is 1. The molecule has 3 amide bonds. The third-order valence-electron chi connectivity index (χ3n) is 3.00. The predicted molar refractivity (Wildman–Crippen MR) is 87.1 cm³/mol. The summed E-state index contributed by atoms with van der Waals surface area (Å²) in [6.45, 7) is 7.65. The molecule has 2 rings (SSSR count). The number of nitrogen functional groups attached to an aromatic ring is 1. The summed E-state index contributed by atoms with van der Waals surface area (Å²) >= 11 is 0. The van der Waals surface area contributed by atoms with E-state index in [1.165, 1.54) is 0 Å². The van der Waals surface area contributed by atoms with Crippen LogP contribution in [0.2, 0.25) is 0 Å². The Balaban J connectivity index is 0.000000540. The van der Waals surface area contributed by atoms with Crippen LogP contribution >= 0.6 is 0 Å². The molecule has 6 nitrogen and oxygen atoms in total. The molecule has 0 aliphatic carbocycles. The minimum absolute atomic E-state index is 0.130. The number of benzene rings is 1. The van der Waals surface area contributed by atoms with Gasteiger partial charge in [-0.05, 0) is 18.6 Å². The number of amides is 3. The Bertz CT molecular complexity index is 484. The van der Waals surface area contributed by atoms with Crippen molar-refractivity contribution in [2.24, 2.45) is 0 Å². The van der Waals surface area contributed by atoms with Crippen molar-refractivity contribution >= 4 is 24.4 Å². The number of hydrogen-bond donors (Lipinski definition) is 2. The molecule has 3 N–H and O–H groups in total. The molecular weight excluding hydrogens is 282 g/mol. The van der Waals surface area contributed by atoms with Crippen LogP contribution in [-0.4, -0.2) is 30.2 Å². The van der Waals surface area contributed by atoms with E-state index in [0.29, 0.717) is 19.4 Å². The molecule has 122 valence electrons. The van der Waals surface area contributed by atoms with E-state index < -0.39 is 0 Å². The number of imide groups is 1. The van der Waals surface area contributed by atoms with Crippen molar-refractivity contribution in [2.75, 3.05) is 12.3 Å². The lowest BCUT2D eigenvalue weighted by atomic mass is 10.1. The predicted octanol–water partition coefficient (Wildman–Crippen LogP) is 1.94. The molecule has 1 aliphatic heterocycles. The van der Waals surface area contributed by atoms with E-state index in [0.717, 1.165) is 36.2 Å². The van der Waals surface area contributed by atoms with Gasteiger partial charge in [-0.15, -0.1) is 0 Å². The topological polar surface area (TPSA) is 92.5 Å². The van der Waals surface area contributed by atoms with Crippen molar-refractivity contribution in [1.82, 2.24) is 10.2 Å². The summed E-state index contributed by atoms with van der Waals surface area (Å²) in [4.78, 5) is 31.9. The third kappa shape index (κ3) is 5.55. The number of nitrogens with two attached hydrogens (primary N) is 1. The second-order valence-electron chi connectivity index (χ2n) is 4.36. The van der Waals surface area contributed by atoms with Crippen LogP contribution < -0.4 is 11.1 Å². The quantitative estimate of drug-likeness (QED) is 0.642. The lowest BCUT2D eigenvalue weighted by molar-refractivity contribution is -0.117. The number of nitrogens with one attached hydrogen (secondary N) is 1. The second-order valence-corrected chi connectivity index (χ2v) is 4.36. The average molecular weight is 307 g/mol. The highest BCUT2D eigenvalue weighted by atomic mass is 16.2. The van der Waals surface area contributed by atoms with E-state index in [1.54, 1.807) is 5.32 Å². The summed E-state index contributed by atoms with van der Waals surface area (Å²) < 4.78 is 0. The molecule has 0 spiro atoms. The van der Waals surface area contributed by atoms with Gasteiger partial charge in [0.15, 0.2) is 0 Å². The molecule has 0 saturated carbocycles. The first-order valence-electron chi connectivity index (χ1n) is 7.45. The van der Waals surface area contributed by atoms with E-state index in [4.69, 9.17) is 15.3 Å². The summed E-state index contributed by atoms with van der Waals surface area (Å²) in [5.41, 5.74) is 8.36. The Hall–Kier alpha value is -2.37. The van der Waals surface area contributed by atoms with Gasteiger partial charge in [0.1, 0.15) is 0 Å². The number of nitrogens with zero attached hydrogens (tertiary/aromatic N) is 1. The smallest absolute Gasteiger partial charge is 0.254 e. The Morgan fingerprint density at radius 1 is 1.27 bits per heavy atom. The summed E-state index contributed by atoms with van der Waals surface area (Å²) in [7, 11) is 0. The number of hydrogen-bond acceptors (Lipinski definition) is 4. The van der Waals surface area contributed by atoms with Crippen LogP contribution in [0, 0.1) is 0 Å². The van der Waals surface area contributed by atoms with Crippen LogP contribution in [0.3, 0.4) is 0 Å². The zero-order valence-electron chi connectivity index (χ0n) is 13.5. The highest BCUT2D eigenvalue weighted by molar-refractivity contribution is 5.99. The Kier molecular flexibility index (Phi) is 10.1. The van der Waals surface area contributed by atoms with Gasteiger partial charge < -0.3 is 16.0 Å². The van der Waals surface area contributed by atoms with Crippen molar-refractivity contribution in [3.8, 4) is 0 Å². The summed E-state index contributed by atoms with van der Waals surface area (Å²) in [6, 6.07) is 5.56. The van der Waals surface area contributed by atoms with Crippen LogP contribution in [0.5, 0.6) is 0 Å². The Morgan fingerprint density at radius 2 is 1.91 bits per heavy atom. The van der Waals surface area contributed by atoms with E-state index in [1.807, 2.05) is 36.9 Å². The molecule has 0 bridgehead atoms. The molecule has 0 unspecified atom stereocenters. The van der Waals surface area contributed by atoms with Gasteiger partial charge in [0.05, 0.1) is 0 Å². The highest BCUT2D eigenvalue weighted by Crippen LogP contribution is 2.27. The van der Waals surface area contributed by atoms with Crippen molar-refractivity contribution in [3.05, 3.63) is 29.3 Å². The van der Waals surface area contributed by atoms with Crippen LogP contribution in [0.15, 0.2) is 18.2 Å². The first-order valence-corrected chi connectivity index (χ1v) is 7.45. The maximum absolute atomic E-state index is 11.9. The number of anilines is 1. The zero-order chi connectivity index (χ0) is 17.0. The SMILES string of the molecule is CC.CCCCN1Cc2c(N)cccc2C1=O.O=CNC=O. The average Bonchev–Trinajstić information content (AvgIpc) is 2.87. The third-order valence-corrected chi connectivity index (χ3v) is 3.00. The maximum Gasteiger partial charge on any atom is 0.254 e. The van der Waals surface area contributed by atoms with Gasteiger partial charge in [-0.2, -0.15) is 0 Å². The van der Waals surface area contributed by atoms with Gasteiger partial charge >= 0.3 is 0 Å². The van der Waals surface area contributed by atoms with Crippen LogP contribution in [-0.2, 0) is 16.1 Å². The second kappa shape index (κ2) is 11.3. The number of carbonyl (C=O) groups excluding carboxylic acids is 3. The van der Waals surface area contributed by atoms with Crippen molar-refractivity contribution < 1.29 is 14.4 Å². The highest BCUT2D eigenvalue weighted by Gasteiger charge is 2.27. The number of fused-ring (bicyclic) bond motifs is 1. The summed E-state index contributed by atoms with van der Waals surface area (Å²) in [5, 5.41) is 1.75. The molecular formula is C16H25N3O3. The van der Waals surface area contributed by atoms with Gasteiger partial charge in [0.2, 0.25) is 12.8 Å². The normalized spacial score (nSPS) is 11.4. The molecule has 0 saturated heterocycles. The van der Waals surface area contributed by atoms with Crippen LogP contribution in [0.1, 0.15) is 49.5 Å². The minimum atomic E-state index is 0.130. The van der Waals surface area contributed by atoms with Crippen LogP contribution in [0.25, 0.3) is 0 Å². The largest absolute Gasteiger partial charge is 0.398 e. The van der Waals surface area contributed by atoms with Gasteiger partial charge in [0.25, 0.3) is 5.91 Å². The molecule has 0 atom stereocenters. The van der Waals surface area contributed by atoms with Gasteiger partial charge in [0, 0.05) is 29.9 Å². The molecule has 0 fully saturated rings. The first kappa shape index (κ1) is 19.6. The molecule has 1 aromatic carbocycles. The fraction of sp³-hybridized carbons (Fsp3) is 0.438. The van der Waals surface area contributed by atoms with Gasteiger partial charge in [-0.3, -0.25) is 14.4 Å². The van der Waals surface area contributed by atoms with Crippen molar-refractivity contribution in [1.29, 1.82) is 0 Å². The fourth-order valence-corrected chi connectivity index (χ4v) is 1.97. The minimum Gasteiger partial charge on any atom is -0.398 e. The standard InChI is InChI=1S/C12H16N2O.C2H3NO2.C2H6/c1-2-3-7-14-8-10-9(12(14)15)5-4-6-11(10)13;4-1-3-2-5;1-2/h4-6H,2-3,7-8,13H2,1H3;1-2H,(H,3,4,5);1-2H3. The summed E-state index contributed by atoms with van der Waals surface area (Å²) in [5.74, 6) is 0.130. The van der Waals surface area contributed by atoms with E-state index in [9.17, 15) is 4.79 Å². The van der Waals surface area contributed by atoms with Crippen molar-refractivity contribution in [2.45, 2.75) is 40.2 Å². The van der Waals surface area contributed by atoms with E-state index in [-0.39, 0.29) is 5.91 Å². The number of rotatable bonds is 5.